The van der Waals surface area contributed by atoms with Gasteiger partial charge in [0.15, 0.2) is 0 Å². The van der Waals surface area contributed by atoms with Gasteiger partial charge >= 0.3 is 0 Å². The molecule has 106 valence electrons. The molecule has 0 spiro atoms. The Morgan fingerprint density at radius 2 is 2.32 bits per heavy atom. The molecule has 2 rings (SSSR count). The molecule has 1 aliphatic carbocycles. The second-order valence-electron chi connectivity index (χ2n) is 5.88. The summed E-state index contributed by atoms with van der Waals surface area (Å²) in [4.78, 5) is 0. The van der Waals surface area contributed by atoms with Crippen molar-refractivity contribution in [2.75, 3.05) is 6.54 Å². The summed E-state index contributed by atoms with van der Waals surface area (Å²) < 4.78 is 1.89. The van der Waals surface area contributed by atoms with Crippen molar-refractivity contribution in [1.82, 2.24) is 25.5 Å². The largest absolute Gasteiger partial charge is 0.310 e. The molecule has 0 aromatic carbocycles. The van der Waals surface area contributed by atoms with Crippen LogP contribution in [0.5, 0.6) is 0 Å². The summed E-state index contributed by atoms with van der Waals surface area (Å²) >= 11 is 1.77. The summed E-state index contributed by atoms with van der Waals surface area (Å²) in [7, 11) is 0. The molecular formula is C13H23N5S. The molecule has 0 radical (unpaired) electrons. The molecule has 0 fully saturated rings. The van der Waals surface area contributed by atoms with Crippen LogP contribution in [0.25, 0.3) is 0 Å². The number of rotatable bonds is 5. The number of aromatic nitrogens is 4. The van der Waals surface area contributed by atoms with Crippen LogP contribution in [-0.4, -0.2) is 37.5 Å². The van der Waals surface area contributed by atoms with Crippen LogP contribution >= 0.6 is 11.8 Å². The normalized spacial score (nSPS) is 19.8. The summed E-state index contributed by atoms with van der Waals surface area (Å²) in [6.07, 6.45) is 8.23. The van der Waals surface area contributed by atoms with E-state index in [0.29, 0.717) is 5.25 Å². The molecule has 1 N–H and O–H groups in total. The van der Waals surface area contributed by atoms with Gasteiger partial charge in [0.1, 0.15) is 0 Å². The highest BCUT2D eigenvalue weighted by molar-refractivity contribution is 7.99. The predicted octanol–water partition coefficient (Wildman–Crippen LogP) is 2.26. The third-order valence-electron chi connectivity index (χ3n) is 2.94. The molecule has 1 aliphatic rings. The van der Waals surface area contributed by atoms with Crippen molar-refractivity contribution in [2.24, 2.45) is 0 Å². The van der Waals surface area contributed by atoms with Crippen molar-refractivity contribution >= 4 is 11.8 Å². The van der Waals surface area contributed by atoms with Crippen LogP contribution in [0.15, 0.2) is 17.3 Å². The van der Waals surface area contributed by atoms with E-state index in [2.05, 4.69) is 53.8 Å². The third kappa shape index (κ3) is 4.95. The molecule has 1 unspecified atom stereocenters. The van der Waals surface area contributed by atoms with Gasteiger partial charge in [-0.1, -0.05) is 23.9 Å². The zero-order valence-corrected chi connectivity index (χ0v) is 12.8. The van der Waals surface area contributed by atoms with E-state index in [9.17, 15) is 0 Å². The van der Waals surface area contributed by atoms with Gasteiger partial charge in [0.25, 0.3) is 0 Å². The molecule has 1 heterocycles. The number of hydrogen-bond donors (Lipinski definition) is 1. The Kier molecular flexibility index (Phi) is 4.99. The van der Waals surface area contributed by atoms with E-state index in [4.69, 9.17) is 0 Å². The number of nitrogens with zero attached hydrogens (tertiary/aromatic N) is 4. The van der Waals surface area contributed by atoms with Crippen LogP contribution in [0.3, 0.4) is 0 Å². The Hall–Kier alpha value is -0.880. The van der Waals surface area contributed by atoms with Crippen LogP contribution in [0, 0.1) is 0 Å². The predicted molar refractivity (Wildman–Crippen MR) is 78.2 cm³/mol. The van der Waals surface area contributed by atoms with Crippen molar-refractivity contribution in [3.8, 4) is 0 Å². The average Bonchev–Trinajstić information content (AvgIpc) is 2.76. The lowest BCUT2D eigenvalue weighted by molar-refractivity contribution is 0.396. The molecule has 1 atom stereocenters. The lowest BCUT2D eigenvalue weighted by Crippen LogP contribution is -2.38. The van der Waals surface area contributed by atoms with Crippen molar-refractivity contribution in [1.29, 1.82) is 0 Å². The Morgan fingerprint density at radius 1 is 1.47 bits per heavy atom. The number of nitrogens with one attached hydrogen (secondary N) is 1. The zero-order chi connectivity index (χ0) is 13.7. The average molecular weight is 281 g/mol. The lowest BCUT2D eigenvalue weighted by atomic mass is 10.1. The van der Waals surface area contributed by atoms with Gasteiger partial charge in [-0.3, -0.25) is 0 Å². The van der Waals surface area contributed by atoms with Gasteiger partial charge in [-0.25, -0.2) is 4.68 Å². The minimum Gasteiger partial charge on any atom is -0.310 e. The smallest absolute Gasteiger partial charge is 0.209 e. The second kappa shape index (κ2) is 6.52. The van der Waals surface area contributed by atoms with Crippen LogP contribution in [0.2, 0.25) is 0 Å². The van der Waals surface area contributed by atoms with E-state index >= 15 is 0 Å². The molecule has 0 saturated carbocycles. The summed E-state index contributed by atoms with van der Waals surface area (Å²) in [6, 6.07) is 0. The quantitative estimate of drug-likeness (QED) is 0.839. The minimum atomic E-state index is 0.132. The first-order chi connectivity index (χ1) is 9.04. The molecule has 0 amide bonds. The summed E-state index contributed by atoms with van der Waals surface area (Å²) in [5, 5.41) is 16.9. The molecule has 0 saturated heterocycles. The molecule has 19 heavy (non-hydrogen) atoms. The molecule has 1 aromatic heterocycles. The van der Waals surface area contributed by atoms with Crippen molar-refractivity contribution in [3.63, 3.8) is 0 Å². The maximum atomic E-state index is 4.13. The standard InChI is InChI=1S/C13H23N5S/c1-13(2,3)14-9-10-18-12(15-16-17-18)19-11-7-5-4-6-8-11/h5,7,11,14H,4,6,8-10H2,1-3H3. The van der Waals surface area contributed by atoms with E-state index in [1.807, 2.05) is 4.68 Å². The number of hydrogen-bond acceptors (Lipinski definition) is 5. The fourth-order valence-electron chi connectivity index (χ4n) is 1.97. The first kappa shape index (κ1) is 14.5. The van der Waals surface area contributed by atoms with Crippen LogP contribution in [0.4, 0.5) is 0 Å². The Bertz CT molecular complexity index is 421. The van der Waals surface area contributed by atoms with E-state index in [1.54, 1.807) is 11.8 Å². The summed E-state index contributed by atoms with van der Waals surface area (Å²) in [5.74, 6) is 0. The minimum absolute atomic E-state index is 0.132. The molecular weight excluding hydrogens is 258 g/mol. The highest BCUT2D eigenvalue weighted by Crippen LogP contribution is 2.28. The summed E-state index contributed by atoms with van der Waals surface area (Å²) in [5.41, 5.74) is 0.132. The maximum absolute atomic E-state index is 4.13. The van der Waals surface area contributed by atoms with E-state index in [1.165, 1.54) is 19.3 Å². The Labute approximate surface area is 119 Å². The molecule has 0 bridgehead atoms. The van der Waals surface area contributed by atoms with Crippen LogP contribution in [-0.2, 0) is 6.54 Å². The van der Waals surface area contributed by atoms with Crippen molar-refractivity contribution < 1.29 is 0 Å². The summed E-state index contributed by atoms with van der Waals surface area (Å²) in [6.45, 7) is 8.17. The second-order valence-corrected chi connectivity index (χ2v) is 7.08. The highest BCUT2D eigenvalue weighted by Gasteiger charge is 2.15. The van der Waals surface area contributed by atoms with E-state index in [0.717, 1.165) is 18.2 Å². The SMILES string of the molecule is CC(C)(C)NCCn1nnnc1SC1C=CCCC1. The van der Waals surface area contributed by atoms with Gasteiger partial charge in [-0.15, -0.1) is 5.10 Å². The third-order valence-corrected chi connectivity index (χ3v) is 4.14. The first-order valence-corrected chi connectivity index (χ1v) is 7.77. The monoisotopic (exact) mass is 281 g/mol. The van der Waals surface area contributed by atoms with Crippen molar-refractivity contribution in [2.45, 2.75) is 62.5 Å². The van der Waals surface area contributed by atoms with Gasteiger partial charge in [0, 0.05) is 17.3 Å². The maximum Gasteiger partial charge on any atom is 0.209 e. The fraction of sp³-hybridized carbons (Fsp3) is 0.769. The molecule has 6 heteroatoms. The van der Waals surface area contributed by atoms with Gasteiger partial charge in [-0.05, 0) is 50.5 Å². The topological polar surface area (TPSA) is 55.6 Å². The molecule has 1 aromatic rings. The van der Waals surface area contributed by atoms with E-state index in [-0.39, 0.29) is 5.54 Å². The number of allylic oxidation sites excluding steroid dienone is 1. The highest BCUT2D eigenvalue weighted by atomic mass is 32.2. The Balaban J connectivity index is 1.86. The van der Waals surface area contributed by atoms with Crippen LogP contribution < -0.4 is 5.32 Å². The molecule has 0 aliphatic heterocycles. The van der Waals surface area contributed by atoms with Gasteiger partial charge in [0.2, 0.25) is 5.16 Å². The van der Waals surface area contributed by atoms with Gasteiger partial charge in [-0.2, -0.15) is 0 Å². The Morgan fingerprint density at radius 3 is 3.00 bits per heavy atom. The fourth-order valence-corrected chi connectivity index (χ4v) is 3.05. The van der Waals surface area contributed by atoms with Crippen molar-refractivity contribution in [3.05, 3.63) is 12.2 Å². The van der Waals surface area contributed by atoms with E-state index < -0.39 is 0 Å². The van der Waals surface area contributed by atoms with Crippen LogP contribution in [0.1, 0.15) is 40.0 Å². The number of thioether (sulfide) groups is 1. The van der Waals surface area contributed by atoms with Gasteiger partial charge in [0.05, 0.1) is 6.54 Å². The number of tetrazole rings is 1. The lowest BCUT2D eigenvalue weighted by Gasteiger charge is -2.20. The van der Waals surface area contributed by atoms with Gasteiger partial charge < -0.3 is 5.32 Å². The first-order valence-electron chi connectivity index (χ1n) is 6.89. The molecule has 5 nitrogen and oxygen atoms in total. The zero-order valence-electron chi connectivity index (χ0n) is 12.0.